The van der Waals surface area contributed by atoms with Gasteiger partial charge in [-0.25, -0.2) is 8.42 Å². The minimum Gasteiger partial charge on any atom is -0.496 e. The highest BCUT2D eigenvalue weighted by molar-refractivity contribution is 7.89. The number of nitrogens with zero attached hydrogens (tertiary/aromatic N) is 2. The number of hydrogen-bond acceptors (Lipinski definition) is 4. The Kier molecular flexibility index (Phi) is 5.84. The highest BCUT2D eigenvalue weighted by atomic mass is 32.2. The van der Waals surface area contributed by atoms with Crippen LogP contribution in [-0.4, -0.2) is 50.3 Å². The molecule has 160 valence electrons. The van der Waals surface area contributed by atoms with Gasteiger partial charge in [-0.05, 0) is 61.1 Å². The monoisotopic (exact) mass is 428 g/mol. The van der Waals surface area contributed by atoms with Gasteiger partial charge in [0.1, 0.15) is 5.75 Å². The van der Waals surface area contributed by atoms with Gasteiger partial charge < -0.3 is 9.64 Å². The van der Waals surface area contributed by atoms with E-state index in [-0.39, 0.29) is 23.3 Å². The number of rotatable bonds is 4. The van der Waals surface area contributed by atoms with Crippen LogP contribution in [0, 0.1) is 12.8 Å². The molecule has 0 bridgehead atoms. The molecule has 0 spiro atoms. The third-order valence-corrected chi connectivity index (χ3v) is 8.04. The van der Waals surface area contributed by atoms with E-state index in [1.54, 1.807) is 25.3 Å². The minimum absolute atomic E-state index is 0.0651. The number of methoxy groups -OCH3 is 1. The van der Waals surface area contributed by atoms with Crippen LogP contribution < -0.4 is 4.74 Å². The lowest BCUT2D eigenvalue weighted by Gasteiger charge is -2.36. The van der Waals surface area contributed by atoms with Crippen LogP contribution in [0.25, 0.3) is 0 Å². The van der Waals surface area contributed by atoms with Crippen LogP contribution in [0.4, 0.5) is 0 Å². The lowest BCUT2D eigenvalue weighted by atomic mass is 9.95. The maximum atomic E-state index is 13.2. The molecule has 0 N–H and O–H groups in total. The highest BCUT2D eigenvalue weighted by Crippen LogP contribution is 2.29. The van der Waals surface area contributed by atoms with E-state index in [0.717, 1.165) is 18.4 Å². The number of sulfonamides is 1. The smallest absolute Gasteiger partial charge is 0.243 e. The molecule has 2 heterocycles. The fourth-order valence-corrected chi connectivity index (χ4v) is 6.07. The number of ether oxygens (including phenoxy) is 1. The highest BCUT2D eigenvalue weighted by Gasteiger charge is 2.36. The number of hydrogen-bond donors (Lipinski definition) is 0. The first-order chi connectivity index (χ1) is 14.4. The molecule has 0 aliphatic carbocycles. The molecule has 1 fully saturated rings. The predicted molar refractivity (Wildman–Crippen MR) is 115 cm³/mol. The van der Waals surface area contributed by atoms with Gasteiger partial charge in [-0.3, -0.25) is 4.79 Å². The van der Waals surface area contributed by atoms with Gasteiger partial charge in [-0.1, -0.05) is 24.3 Å². The molecule has 4 rings (SSSR count). The number of carbonyl (C=O) groups excluding carboxylic acids is 1. The fourth-order valence-electron chi connectivity index (χ4n) is 4.46. The second kappa shape index (κ2) is 8.40. The largest absolute Gasteiger partial charge is 0.496 e. The van der Waals surface area contributed by atoms with Crippen molar-refractivity contribution in [2.75, 3.05) is 26.7 Å². The molecule has 2 aromatic rings. The zero-order chi connectivity index (χ0) is 21.3. The van der Waals surface area contributed by atoms with Crippen molar-refractivity contribution in [1.29, 1.82) is 0 Å². The van der Waals surface area contributed by atoms with E-state index in [2.05, 4.69) is 12.1 Å². The van der Waals surface area contributed by atoms with Crippen LogP contribution in [-0.2, 0) is 27.8 Å². The van der Waals surface area contributed by atoms with Crippen LogP contribution in [0.1, 0.15) is 29.5 Å². The van der Waals surface area contributed by atoms with E-state index < -0.39 is 10.0 Å². The summed E-state index contributed by atoms with van der Waals surface area (Å²) in [5.74, 6) is 0.430. The van der Waals surface area contributed by atoms with Gasteiger partial charge in [0.2, 0.25) is 15.9 Å². The maximum Gasteiger partial charge on any atom is 0.243 e. The number of benzene rings is 2. The molecule has 7 heteroatoms. The Balaban J connectivity index is 1.49. The number of aryl methyl sites for hydroxylation is 1. The normalized spacial score (nSPS) is 19.9. The summed E-state index contributed by atoms with van der Waals surface area (Å²) in [6.45, 7) is 3.81. The van der Waals surface area contributed by atoms with E-state index in [1.165, 1.54) is 15.4 Å². The molecular formula is C23H28N2O4S. The second-order valence-corrected chi connectivity index (χ2v) is 10.1. The van der Waals surface area contributed by atoms with E-state index in [1.807, 2.05) is 24.0 Å². The van der Waals surface area contributed by atoms with E-state index >= 15 is 0 Å². The van der Waals surface area contributed by atoms with Crippen molar-refractivity contribution >= 4 is 15.9 Å². The minimum atomic E-state index is -3.65. The Hall–Kier alpha value is -2.38. The molecule has 0 unspecified atom stereocenters. The zero-order valence-electron chi connectivity index (χ0n) is 17.5. The van der Waals surface area contributed by atoms with Crippen molar-refractivity contribution in [1.82, 2.24) is 9.21 Å². The fraction of sp³-hybridized carbons (Fsp3) is 0.435. The van der Waals surface area contributed by atoms with Gasteiger partial charge in [0, 0.05) is 26.2 Å². The van der Waals surface area contributed by atoms with E-state index in [0.29, 0.717) is 31.8 Å². The van der Waals surface area contributed by atoms with Crippen LogP contribution in [0.3, 0.4) is 0 Å². The molecule has 2 aromatic carbocycles. The average molecular weight is 429 g/mol. The molecule has 0 radical (unpaired) electrons. The number of piperidine rings is 1. The van der Waals surface area contributed by atoms with Crippen LogP contribution in [0.15, 0.2) is 47.4 Å². The molecule has 0 aromatic heterocycles. The molecular weight excluding hydrogens is 400 g/mol. The van der Waals surface area contributed by atoms with Crippen molar-refractivity contribution in [2.24, 2.45) is 5.92 Å². The van der Waals surface area contributed by atoms with Crippen molar-refractivity contribution in [3.05, 3.63) is 59.2 Å². The van der Waals surface area contributed by atoms with Crippen molar-refractivity contribution in [3.8, 4) is 5.75 Å². The predicted octanol–water partition coefficient (Wildman–Crippen LogP) is 2.99. The summed E-state index contributed by atoms with van der Waals surface area (Å²) in [6.07, 6.45) is 2.27. The lowest BCUT2D eigenvalue weighted by Crippen LogP contribution is -2.47. The van der Waals surface area contributed by atoms with Crippen LogP contribution >= 0.6 is 0 Å². The lowest BCUT2D eigenvalue weighted by molar-refractivity contribution is -0.137. The number of carbonyl (C=O) groups is 1. The Morgan fingerprint density at radius 2 is 1.87 bits per heavy atom. The summed E-state index contributed by atoms with van der Waals surface area (Å²) in [5.41, 5.74) is 3.26. The molecule has 1 saturated heterocycles. The van der Waals surface area contributed by atoms with Gasteiger partial charge in [0.15, 0.2) is 0 Å². The van der Waals surface area contributed by atoms with Gasteiger partial charge in [-0.15, -0.1) is 0 Å². The Labute approximate surface area is 178 Å². The van der Waals surface area contributed by atoms with Gasteiger partial charge in [0.25, 0.3) is 0 Å². The molecule has 30 heavy (non-hydrogen) atoms. The SMILES string of the molecule is COc1ccc(S(=O)(=O)N2CCC[C@@H](C(=O)N3CCc4ccccc4C3)C2)cc1C. The molecule has 2 aliphatic heterocycles. The first kappa shape index (κ1) is 20.9. The topological polar surface area (TPSA) is 66.9 Å². The van der Waals surface area contributed by atoms with E-state index in [4.69, 9.17) is 4.74 Å². The summed E-state index contributed by atoms with van der Waals surface area (Å²) in [4.78, 5) is 15.3. The maximum absolute atomic E-state index is 13.2. The van der Waals surface area contributed by atoms with Crippen LogP contribution in [0.2, 0.25) is 0 Å². The summed E-state index contributed by atoms with van der Waals surface area (Å²) >= 11 is 0. The third kappa shape index (κ3) is 3.96. The molecule has 1 atom stereocenters. The first-order valence-corrected chi connectivity index (χ1v) is 11.8. The van der Waals surface area contributed by atoms with Gasteiger partial charge in [0.05, 0.1) is 17.9 Å². The van der Waals surface area contributed by atoms with Gasteiger partial charge in [-0.2, -0.15) is 4.31 Å². The Bertz CT molecular complexity index is 1050. The second-order valence-electron chi connectivity index (χ2n) is 8.11. The molecule has 2 aliphatic rings. The van der Waals surface area contributed by atoms with Crippen molar-refractivity contribution in [3.63, 3.8) is 0 Å². The van der Waals surface area contributed by atoms with E-state index in [9.17, 15) is 13.2 Å². The molecule has 1 amide bonds. The summed E-state index contributed by atoms with van der Waals surface area (Å²) in [5, 5.41) is 0. The standard InChI is InChI=1S/C23H28N2O4S/c1-17-14-21(9-10-22(17)29-2)30(27,28)25-12-5-8-20(16-25)23(26)24-13-11-18-6-3-4-7-19(18)15-24/h3-4,6-7,9-10,14,20H,5,8,11-13,15-16H2,1-2H3/t20-/m1/s1. The third-order valence-electron chi connectivity index (χ3n) is 6.18. The number of amides is 1. The molecule has 6 nitrogen and oxygen atoms in total. The summed E-state index contributed by atoms with van der Waals surface area (Å²) in [6, 6.07) is 13.1. The Morgan fingerprint density at radius 1 is 1.10 bits per heavy atom. The quantitative estimate of drug-likeness (QED) is 0.751. The van der Waals surface area contributed by atoms with Crippen molar-refractivity contribution < 1.29 is 17.9 Å². The summed E-state index contributed by atoms with van der Waals surface area (Å²) in [7, 11) is -2.08. The first-order valence-electron chi connectivity index (χ1n) is 10.4. The summed E-state index contributed by atoms with van der Waals surface area (Å²) < 4.78 is 33.1. The molecule has 0 saturated carbocycles. The van der Waals surface area contributed by atoms with Crippen LogP contribution in [0.5, 0.6) is 5.75 Å². The van der Waals surface area contributed by atoms with Crippen molar-refractivity contribution in [2.45, 2.75) is 37.6 Å². The Morgan fingerprint density at radius 3 is 2.60 bits per heavy atom. The zero-order valence-corrected chi connectivity index (χ0v) is 18.3. The van der Waals surface area contributed by atoms with Gasteiger partial charge >= 0.3 is 0 Å². The average Bonchev–Trinajstić information content (AvgIpc) is 2.78. The number of fused-ring (bicyclic) bond motifs is 1.